The van der Waals surface area contributed by atoms with Crippen LogP contribution in [0.25, 0.3) is 5.65 Å². The third-order valence-electron chi connectivity index (χ3n) is 2.10. The molecule has 0 unspecified atom stereocenters. The molecule has 0 spiro atoms. The maximum Gasteiger partial charge on any atom is 0.417 e. The van der Waals surface area contributed by atoms with Crippen LogP contribution in [0, 0.1) is 0 Å². The first-order valence-corrected chi connectivity index (χ1v) is 4.66. The van der Waals surface area contributed by atoms with Crippen molar-refractivity contribution in [3.63, 3.8) is 0 Å². The number of rotatable bonds is 1. The molecule has 0 aromatic carbocycles. The summed E-state index contributed by atoms with van der Waals surface area (Å²) in [5, 5.41) is 8.86. The number of imidazole rings is 1. The van der Waals surface area contributed by atoms with Gasteiger partial charge in [-0.15, -0.1) is 0 Å². The minimum atomic E-state index is -4.43. The molecule has 16 heavy (non-hydrogen) atoms. The molecular weight excluding hydrogens is 245 g/mol. The van der Waals surface area contributed by atoms with Crippen LogP contribution in [0.2, 0.25) is 5.15 Å². The van der Waals surface area contributed by atoms with Crippen LogP contribution < -0.4 is 0 Å². The van der Waals surface area contributed by atoms with Crippen LogP contribution in [0.1, 0.15) is 11.3 Å². The van der Waals surface area contributed by atoms with E-state index in [-0.39, 0.29) is 16.5 Å². The molecule has 86 valence electrons. The number of halogens is 4. The second-order valence-corrected chi connectivity index (χ2v) is 3.51. The van der Waals surface area contributed by atoms with E-state index in [2.05, 4.69) is 4.98 Å². The Morgan fingerprint density at radius 1 is 1.38 bits per heavy atom. The predicted octanol–water partition coefficient (Wildman–Crippen LogP) is 2.50. The van der Waals surface area contributed by atoms with Crippen LogP contribution in [-0.4, -0.2) is 14.5 Å². The summed E-state index contributed by atoms with van der Waals surface area (Å²) < 4.78 is 38.3. The minimum Gasteiger partial charge on any atom is -0.390 e. The molecule has 0 fully saturated rings. The zero-order valence-corrected chi connectivity index (χ0v) is 8.55. The topological polar surface area (TPSA) is 37.5 Å². The van der Waals surface area contributed by atoms with Gasteiger partial charge in [-0.2, -0.15) is 13.2 Å². The van der Waals surface area contributed by atoms with Gasteiger partial charge in [0.1, 0.15) is 16.5 Å². The summed E-state index contributed by atoms with van der Waals surface area (Å²) in [6, 6.07) is 2.12. The third kappa shape index (κ3) is 1.74. The number of aliphatic hydroxyl groups is 1. The van der Waals surface area contributed by atoms with E-state index in [1.807, 2.05) is 0 Å². The Kier molecular flexibility index (Phi) is 2.55. The number of hydrogen-bond donors (Lipinski definition) is 1. The lowest BCUT2D eigenvalue weighted by Crippen LogP contribution is -2.06. The lowest BCUT2D eigenvalue weighted by Gasteiger charge is -2.06. The highest BCUT2D eigenvalue weighted by Crippen LogP contribution is 2.30. The van der Waals surface area contributed by atoms with Crippen molar-refractivity contribution in [3.8, 4) is 0 Å². The highest BCUT2D eigenvalue weighted by atomic mass is 35.5. The largest absolute Gasteiger partial charge is 0.417 e. The predicted molar refractivity (Wildman–Crippen MR) is 51.1 cm³/mol. The first kappa shape index (κ1) is 11.2. The highest BCUT2D eigenvalue weighted by molar-refractivity contribution is 6.30. The lowest BCUT2D eigenvalue weighted by molar-refractivity contribution is -0.137. The molecule has 2 aromatic rings. The molecule has 1 N–H and O–H groups in total. The van der Waals surface area contributed by atoms with Gasteiger partial charge in [-0.05, 0) is 12.1 Å². The first-order chi connectivity index (χ1) is 7.43. The average molecular weight is 251 g/mol. The van der Waals surface area contributed by atoms with E-state index in [4.69, 9.17) is 16.7 Å². The molecule has 0 saturated heterocycles. The molecule has 0 atom stereocenters. The molecule has 0 aliphatic rings. The van der Waals surface area contributed by atoms with Gasteiger partial charge in [-0.1, -0.05) is 11.6 Å². The lowest BCUT2D eigenvalue weighted by atomic mass is 10.3. The Morgan fingerprint density at radius 2 is 2.06 bits per heavy atom. The van der Waals surface area contributed by atoms with Crippen LogP contribution in [-0.2, 0) is 12.8 Å². The first-order valence-electron chi connectivity index (χ1n) is 4.28. The van der Waals surface area contributed by atoms with Gasteiger partial charge in [0.25, 0.3) is 0 Å². The van der Waals surface area contributed by atoms with Crippen molar-refractivity contribution in [1.29, 1.82) is 0 Å². The summed E-state index contributed by atoms with van der Waals surface area (Å²) >= 11 is 5.75. The monoisotopic (exact) mass is 250 g/mol. The third-order valence-corrected chi connectivity index (χ3v) is 2.50. The van der Waals surface area contributed by atoms with Crippen molar-refractivity contribution in [2.45, 2.75) is 12.8 Å². The van der Waals surface area contributed by atoms with Crippen molar-refractivity contribution in [3.05, 3.63) is 34.7 Å². The Labute approximate surface area is 93.1 Å². The fourth-order valence-electron chi connectivity index (χ4n) is 1.33. The Morgan fingerprint density at radius 3 is 2.62 bits per heavy atom. The molecule has 2 rings (SSSR count). The second-order valence-electron chi connectivity index (χ2n) is 3.15. The van der Waals surface area contributed by atoms with Gasteiger partial charge in [0.15, 0.2) is 0 Å². The zero-order chi connectivity index (χ0) is 11.9. The molecule has 2 heterocycles. The number of nitrogens with zero attached hydrogens (tertiary/aromatic N) is 2. The molecule has 3 nitrogen and oxygen atoms in total. The maximum atomic E-state index is 12.4. The SMILES string of the molecule is OCc1nc2ccc(C(F)(F)F)cn2c1Cl. The van der Waals surface area contributed by atoms with Crippen molar-refractivity contribution in [2.75, 3.05) is 0 Å². The van der Waals surface area contributed by atoms with Crippen molar-refractivity contribution in [2.24, 2.45) is 0 Å². The van der Waals surface area contributed by atoms with Gasteiger partial charge in [0, 0.05) is 6.20 Å². The smallest absolute Gasteiger partial charge is 0.390 e. The number of hydrogen-bond acceptors (Lipinski definition) is 2. The van der Waals surface area contributed by atoms with E-state index in [9.17, 15) is 13.2 Å². The summed E-state index contributed by atoms with van der Waals surface area (Å²) in [6.45, 7) is -0.415. The van der Waals surface area contributed by atoms with E-state index in [1.54, 1.807) is 0 Å². The summed E-state index contributed by atoms with van der Waals surface area (Å²) in [5.41, 5.74) is -0.396. The Bertz CT molecular complexity index is 535. The second kappa shape index (κ2) is 3.64. The fourth-order valence-corrected chi connectivity index (χ4v) is 1.57. The summed E-state index contributed by atoms with van der Waals surface area (Å²) in [5.74, 6) is 0. The molecular formula is C9H6ClF3N2O. The number of aromatic nitrogens is 2. The van der Waals surface area contributed by atoms with Crippen molar-refractivity contribution in [1.82, 2.24) is 9.38 Å². The Balaban J connectivity index is 2.66. The fraction of sp³-hybridized carbons (Fsp3) is 0.222. The van der Waals surface area contributed by atoms with E-state index >= 15 is 0 Å². The molecule has 7 heteroatoms. The Hall–Kier alpha value is -1.27. The normalized spacial score (nSPS) is 12.3. The number of fused-ring (bicyclic) bond motifs is 1. The average Bonchev–Trinajstić information content (AvgIpc) is 2.54. The number of alkyl halides is 3. The van der Waals surface area contributed by atoms with Crippen molar-refractivity contribution < 1.29 is 18.3 Å². The summed E-state index contributed by atoms with van der Waals surface area (Å²) in [4.78, 5) is 3.87. The zero-order valence-electron chi connectivity index (χ0n) is 7.79. The van der Waals surface area contributed by atoms with Gasteiger partial charge in [-0.25, -0.2) is 4.98 Å². The van der Waals surface area contributed by atoms with E-state index in [0.717, 1.165) is 16.7 Å². The van der Waals surface area contributed by atoms with E-state index in [0.29, 0.717) is 0 Å². The van der Waals surface area contributed by atoms with Crippen LogP contribution in [0.5, 0.6) is 0 Å². The van der Waals surface area contributed by atoms with Crippen LogP contribution in [0.4, 0.5) is 13.2 Å². The van der Waals surface area contributed by atoms with Gasteiger partial charge in [0.05, 0.1) is 12.2 Å². The minimum absolute atomic E-state index is 0.0106. The molecule has 0 aliphatic carbocycles. The number of aliphatic hydroxyl groups excluding tert-OH is 1. The summed E-state index contributed by atoms with van der Waals surface area (Å²) in [7, 11) is 0. The highest BCUT2D eigenvalue weighted by Gasteiger charge is 2.31. The molecule has 0 radical (unpaired) electrons. The molecule has 0 saturated carbocycles. The van der Waals surface area contributed by atoms with Crippen LogP contribution in [0.3, 0.4) is 0 Å². The molecule has 2 aromatic heterocycles. The van der Waals surface area contributed by atoms with E-state index < -0.39 is 18.3 Å². The number of pyridine rings is 1. The van der Waals surface area contributed by atoms with Crippen molar-refractivity contribution >= 4 is 17.2 Å². The summed E-state index contributed by atoms with van der Waals surface area (Å²) in [6.07, 6.45) is -3.58. The van der Waals surface area contributed by atoms with Gasteiger partial charge < -0.3 is 5.11 Å². The molecule has 0 aliphatic heterocycles. The molecule has 0 bridgehead atoms. The molecule has 0 amide bonds. The maximum absolute atomic E-state index is 12.4. The van der Waals surface area contributed by atoms with E-state index in [1.165, 1.54) is 6.07 Å². The quantitative estimate of drug-likeness (QED) is 0.844. The van der Waals surface area contributed by atoms with Gasteiger partial charge in [-0.3, -0.25) is 4.40 Å². The van der Waals surface area contributed by atoms with Gasteiger partial charge >= 0.3 is 6.18 Å². The van der Waals surface area contributed by atoms with Gasteiger partial charge in [0.2, 0.25) is 0 Å². The van der Waals surface area contributed by atoms with Crippen LogP contribution in [0.15, 0.2) is 18.3 Å². The standard InChI is InChI=1S/C9H6ClF3N2O/c10-8-6(4-16)14-7-2-1-5(3-15(7)8)9(11,12)13/h1-3,16H,4H2. The van der Waals surface area contributed by atoms with Crippen LogP contribution >= 0.6 is 11.6 Å².